The summed E-state index contributed by atoms with van der Waals surface area (Å²) in [6, 6.07) is 7.65. The molecular weight excluding hydrogens is 276 g/mol. The summed E-state index contributed by atoms with van der Waals surface area (Å²) >= 11 is 6.06. The van der Waals surface area contributed by atoms with E-state index in [0.717, 1.165) is 31.2 Å². The van der Waals surface area contributed by atoms with Gasteiger partial charge in [0.1, 0.15) is 0 Å². The van der Waals surface area contributed by atoms with Gasteiger partial charge in [0.15, 0.2) is 0 Å². The number of benzene rings is 1. The van der Waals surface area contributed by atoms with Crippen LogP contribution in [0.1, 0.15) is 37.4 Å². The van der Waals surface area contributed by atoms with E-state index in [4.69, 9.17) is 17.3 Å². The van der Waals surface area contributed by atoms with E-state index in [1.807, 2.05) is 18.2 Å². The minimum Gasteiger partial charge on any atom is -0.387 e. The molecule has 1 unspecified atom stereocenters. The number of aliphatic hydroxyl groups excluding tert-OH is 1. The average molecular weight is 297 g/mol. The SMILES string of the molecule is NC(=O)C1CCC(NCC(O)c2ccccc2Cl)CC1. The molecule has 0 aromatic heterocycles. The Kier molecular flexibility index (Phi) is 5.40. The van der Waals surface area contributed by atoms with Crippen molar-refractivity contribution in [3.05, 3.63) is 34.9 Å². The minimum absolute atomic E-state index is 0.0153. The number of hydrogen-bond donors (Lipinski definition) is 3. The third kappa shape index (κ3) is 3.95. The lowest BCUT2D eigenvalue weighted by Gasteiger charge is -2.28. The third-order valence-electron chi connectivity index (χ3n) is 3.99. The lowest BCUT2D eigenvalue weighted by molar-refractivity contribution is -0.122. The van der Waals surface area contributed by atoms with Crippen molar-refractivity contribution in [1.82, 2.24) is 5.32 Å². The predicted octanol–water partition coefficient (Wildman–Crippen LogP) is 2.01. The summed E-state index contributed by atoms with van der Waals surface area (Å²) < 4.78 is 0. The number of carbonyl (C=O) groups excluding carboxylic acids is 1. The molecule has 1 aromatic rings. The molecule has 110 valence electrons. The van der Waals surface area contributed by atoms with E-state index < -0.39 is 6.10 Å². The molecule has 1 saturated carbocycles. The smallest absolute Gasteiger partial charge is 0.220 e. The first kappa shape index (κ1) is 15.3. The van der Waals surface area contributed by atoms with Crippen LogP contribution in [0.25, 0.3) is 0 Å². The molecule has 0 bridgehead atoms. The van der Waals surface area contributed by atoms with Crippen molar-refractivity contribution in [2.45, 2.75) is 37.8 Å². The fraction of sp³-hybridized carbons (Fsp3) is 0.533. The van der Waals surface area contributed by atoms with Gasteiger partial charge in [0.05, 0.1) is 6.10 Å². The van der Waals surface area contributed by atoms with Gasteiger partial charge < -0.3 is 16.2 Å². The second-order valence-electron chi connectivity index (χ2n) is 5.40. The van der Waals surface area contributed by atoms with Crippen LogP contribution in [0.2, 0.25) is 5.02 Å². The number of carbonyl (C=O) groups is 1. The van der Waals surface area contributed by atoms with Gasteiger partial charge in [-0.25, -0.2) is 0 Å². The quantitative estimate of drug-likeness (QED) is 0.778. The second-order valence-corrected chi connectivity index (χ2v) is 5.80. The van der Waals surface area contributed by atoms with Gasteiger partial charge in [-0.15, -0.1) is 0 Å². The van der Waals surface area contributed by atoms with Gasteiger partial charge in [-0.3, -0.25) is 4.79 Å². The number of primary amides is 1. The molecule has 1 aliphatic rings. The highest BCUT2D eigenvalue weighted by molar-refractivity contribution is 6.31. The molecule has 20 heavy (non-hydrogen) atoms. The number of nitrogens with two attached hydrogens (primary N) is 1. The summed E-state index contributed by atoms with van der Waals surface area (Å²) in [5.74, 6) is -0.180. The van der Waals surface area contributed by atoms with E-state index in [0.29, 0.717) is 17.6 Å². The first-order valence-electron chi connectivity index (χ1n) is 7.03. The summed E-state index contributed by atoms with van der Waals surface area (Å²) in [4.78, 5) is 11.1. The van der Waals surface area contributed by atoms with Crippen molar-refractivity contribution >= 4 is 17.5 Å². The maximum atomic E-state index is 11.1. The molecular formula is C15H21ClN2O2. The monoisotopic (exact) mass is 296 g/mol. The van der Waals surface area contributed by atoms with Crippen LogP contribution in [0.3, 0.4) is 0 Å². The Labute approximate surface area is 124 Å². The van der Waals surface area contributed by atoms with Crippen molar-refractivity contribution in [2.24, 2.45) is 11.7 Å². The van der Waals surface area contributed by atoms with E-state index in [2.05, 4.69) is 5.32 Å². The molecule has 2 rings (SSSR count). The predicted molar refractivity (Wildman–Crippen MR) is 79.4 cm³/mol. The van der Waals surface area contributed by atoms with Crippen LogP contribution >= 0.6 is 11.6 Å². The molecule has 1 atom stereocenters. The molecule has 1 aromatic carbocycles. The van der Waals surface area contributed by atoms with Crippen LogP contribution in [-0.2, 0) is 4.79 Å². The number of amides is 1. The standard InChI is InChI=1S/C15H21ClN2O2/c16-13-4-2-1-3-12(13)14(19)9-18-11-7-5-10(6-8-11)15(17)20/h1-4,10-11,14,18-19H,5-9H2,(H2,17,20). The minimum atomic E-state index is -0.613. The number of halogens is 1. The molecule has 1 fully saturated rings. The van der Waals surface area contributed by atoms with Crippen LogP contribution in [-0.4, -0.2) is 23.6 Å². The molecule has 4 N–H and O–H groups in total. The fourth-order valence-electron chi connectivity index (χ4n) is 2.72. The fourth-order valence-corrected chi connectivity index (χ4v) is 2.98. The highest BCUT2D eigenvalue weighted by Crippen LogP contribution is 2.25. The van der Waals surface area contributed by atoms with Crippen molar-refractivity contribution in [3.63, 3.8) is 0 Å². The van der Waals surface area contributed by atoms with Crippen LogP contribution in [0.5, 0.6) is 0 Å². The van der Waals surface area contributed by atoms with Crippen molar-refractivity contribution < 1.29 is 9.90 Å². The van der Waals surface area contributed by atoms with E-state index >= 15 is 0 Å². The molecule has 0 radical (unpaired) electrons. The van der Waals surface area contributed by atoms with Crippen LogP contribution in [0, 0.1) is 5.92 Å². The molecule has 0 saturated heterocycles. The maximum absolute atomic E-state index is 11.1. The lowest BCUT2D eigenvalue weighted by Crippen LogP contribution is -2.38. The van der Waals surface area contributed by atoms with Gasteiger partial charge in [0, 0.05) is 29.1 Å². The Morgan fingerprint density at radius 1 is 1.35 bits per heavy atom. The Balaban J connectivity index is 1.79. The van der Waals surface area contributed by atoms with Crippen molar-refractivity contribution in [2.75, 3.05) is 6.54 Å². The van der Waals surface area contributed by atoms with Crippen molar-refractivity contribution in [1.29, 1.82) is 0 Å². The largest absolute Gasteiger partial charge is 0.387 e. The summed E-state index contributed by atoms with van der Waals surface area (Å²) in [6.07, 6.45) is 2.88. The Morgan fingerprint density at radius 2 is 2.00 bits per heavy atom. The summed E-state index contributed by atoms with van der Waals surface area (Å²) in [5.41, 5.74) is 6.06. The highest BCUT2D eigenvalue weighted by Gasteiger charge is 2.24. The maximum Gasteiger partial charge on any atom is 0.220 e. The number of rotatable bonds is 5. The van der Waals surface area contributed by atoms with Gasteiger partial charge in [-0.2, -0.15) is 0 Å². The molecule has 0 spiro atoms. The zero-order valence-corrected chi connectivity index (χ0v) is 12.1. The van der Waals surface area contributed by atoms with Crippen molar-refractivity contribution in [3.8, 4) is 0 Å². The zero-order chi connectivity index (χ0) is 14.5. The van der Waals surface area contributed by atoms with Crippen LogP contribution in [0.4, 0.5) is 0 Å². The van der Waals surface area contributed by atoms with Gasteiger partial charge in [-0.05, 0) is 31.7 Å². The topological polar surface area (TPSA) is 75.4 Å². The van der Waals surface area contributed by atoms with E-state index in [9.17, 15) is 9.90 Å². The first-order valence-corrected chi connectivity index (χ1v) is 7.41. The van der Waals surface area contributed by atoms with E-state index in [1.165, 1.54) is 0 Å². The Hall–Kier alpha value is -1.10. The third-order valence-corrected chi connectivity index (χ3v) is 4.34. The summed E-state index contributed by atoms with van der Waals surface area (Å²) in [6.45, 7) is 0.468. The van der Waals surface area contributed by atoms with Gasteiger partial charge in [0.2, 0.25) is 5.91 Å². The van der Waals surface area contributed by atoms with E-state index in [-0.39, 0.29) is 11.8 Å². The normalized spacial score (nSPS) is 24.3. The molecule has 5 heteroatoms. The van der Waals surface area contributed by atoms with Gasteiger partial charge in [-0.1, -0.05) is 29.8 Å². The van der Waals surface area contributed by atoms with E-state index in [1.54, 1.807) is 6.07 Å². The molecule has 0 aliphatic heterocycles. The van der Waals surface area contributed by atoms with Crippen LogP contribution in [0.15, 0.2) is 24.3 Å². The number of hydrogen-bond acceptors (Lipinski definition) is 3. The number of aliphatic hydroxyl groups is 1. The Morgan fingerprint density at radius 3 is 2.60 bits per heavy atom. The Bertz CT molecular complexity index is 459. The van der Waals surface area contributed by atoms with Gasteiger partial charge in [0.25, 0.3) is 0 Å². The molecule has 0 heterocycles. The van der Waals surface area contributed by atoms with Crippen LogP contribution < -0.4 is 11.1 Å². The molecule has 1 amide bonds. The summed E-state index contributed by atoms with van der Waals surface area (Å²) in [7, 11) is 0. The lowest BCUT2D eigenvalue weighted by atomic mass is 9.85. The highest BCUT2D eigenvalue weighted by atomic mass is 35.5. The second kappa shape index (κ2) is 7.07. The summed E-state index contributed by atoms with van der Waals surface area (Å²) in [5, 5.41) is 14.1. The number of nitrogens with one attached hydrogen (secondary N) is 1. The zero-order valence-electron chi connectivity index (χ0n) is 11.4. The first-order chi connectivity index (χ1) is 9.58. The molecule has 1 aliphatic carbocycles. The molecule has 4 nitrogen and oxygen atoms in total. The van der Waals surface area contributed by atoms with Gasteiger partial charge >= 0.3 is 0 Å². The average Bonchev–Trinajstić information content (AvgIpc) is 2.45.